The lowest BCUT2D eigenvalue weighted by atomic mass is 9.60. The van der Waals surface area contributed by atoms with Gasteiger partial charge in [0.05, 0.1) is 12.3 Å². The Balaban J connectivity index is 1.59. The average molecular weight is 249 g/mol. The first-order valence-corrected chi connectivity index (χ1v) is 7.18. The molecule has 0 amide bonds. The summed E-state index contributed by atoms with van der Waals surface area (Å²) in [5.74, 6) is 0. The minimum absolute atomic E-state index is 0.430. The Kier molecular flexibility index (Phi) is 3.39. The third-order valence-corrected chi connectivity index (χ3v) is 4.79. The first-order chi connectivity index (χ1) is 8.85. The topological polar surface area (TPSA) is 49.9 Å². The van der Waals surface area contributed by atoms with Gasteiger partial charge in [0.1, 0.15) is 0 Å². The monoisotopic (exact) mass is 249 g/mol. The molecule has 2 atom stereocenters. The molecule has 2 aliphatic rings. The highest BCUT2D eigenvalue weighted by Gasteiger charge is 2.56. The summed E-state index contributed by atoms with van der Waals surface area (Å²) in [6.45, 7) is 3.87. The standard InChI is InChI=1S/C14H23N3O/c1-2-18-13-7-12(14(13)5-3-4-6-14)15-8-11-9-16-17-10-11/h9-10,12-13,15H,2-8H2,1H3,(H,16,17). The van der Waals surface area contributed by atoms with Gasteiger partial charge >= 0.3 is 0 Å². The molecule has 0 aromatic carbocycles. The lowest BCUT2D eigenvalue weighted by Crippen LogP contribution is -2.62. The summed E-state index contributed by atoms with van der Waals surface area (Å²) < 4.78 is 5.92. The molecule has 100 valence electrons. The van der Waals surface area contributed by atoms with Crippen LogP contribution in [0.2, 0.25) is 0 Å². The molecule has 2 saturated carbocycles. The fourth-order valence-corrected chi connectivity index (χ4v) is 3.79. The van der Waals surface area contributed by atoms with Gasteiger partial charge in [-0.05, 0) is 26.2 Å². The third kappa shape index (κ3) is 1.97. The molecule has 2 fully saturated rings. The summed E-state index contributed by atoms with van der Waals surface area (Å²) >= 11 is 0. The first kappa shape index (κ1) is 12.2. The Labute approximate surface area is 108 Å². The van der Waals surface area contributed by atoms with E-state index in [4.69, 9.17) is 4.74 Å². The maximum atomic E-state index is 5.92. The van der Waals surface area contributed by atoms with Crippen LogP contribution in [0, 0.1) is 5.41 Å². The second kappa shape index (κ2) is 5.02. The highest BCUT2D eigenvalue weighted by molar-refractivity contribution is 5.11. The van der Waals surface area contributed by atoms with E-state index in [2.05, 4.69) is 22.4 Å². The van der Waals surface area contributed by atoms with E-state index in [9.17, 15) is 0 Å². The van der Waals surface area contributed by atoms with E-state index in [0.29, 0.717) is 17.6 Å². The molecule has 1 spiro atoms. The molecular weight excluding hydrogens is 226 g/mol. The summed E-state index contributed by atoms with van der Waals surface area (Å²) in [7, 11) is 0. The van der Waals surface area contributed by atoms with Gasteiger partial charge in [-0.3, -0.25) is 5.10 Å². The number of H-pyrrole nitrogens is 1. The van der Waals surface area contributed by atoms with E-state index < -0.39 is 0 Å². The van der Waals surface area contributed by atoms with Gasteiger partial charge in [0, 0.05) is 36.4 Å². The highest BCUT2D eigenvalue weighted by Crippen LogP contribution is 2.54. The number of rotatable bonds is 5. The van der Waals surface area contributed by atoms with Gasteiger partial charge in [0.15, 0.2) is 0 Å². The summed E-state index contributed by atoms with van der Waals surface area (Å²) in [5, 5.41) is 10.6. The summed E-state index contributed by atoms with van der Waals surface area (Å²) in [6, 6.07) is 0.631. The van der Waals surface area contributed by atoms with Crippen molar-refractivity contribution in [3.05, 3.63) is 18.0 Å². The van der Waals surface area contributed by atoms with Crippen LogP contribution in [0.5, 0.6) is 0 Å². The zero-order chi connectivity index (χ0) is 12.4. The van der Waals surface area contributed by atoms with Crippen molar-refractivity contribution in [3.8, 4) is 0 Å². The lowest BCUT2D eigenvalue weighted by Gasteiger charge is -2.54. The van der Waals surface area contributed by atoms with E-state index in [1.54, 1.807) is 0 Å². The van der Waals surface area contributed by atoms with E-state index in [0.717, 1.165) is 13.2 Å². The first-order valence-electron chi connectivity index (χ1n) is 7.18. The molecule has 0 aliphatic heterocycles. The Bertz CT molecular complexity index is 370. The smallest absolute Gasteiger partial charge is 0.0661 e. The van der Waals surface area contributed by atoms with Crippen molar-refractivity contribution >= 4 is 0 Å². The fourth-order valence-electron chi connectivity index (χ4n) is 3.79. The maximum Gasteiger partial charge on any atom is 0.0661 e. The molecule has 1 aromatic heterocycles. The summed E-state index contributed by atoms with van der Waals surface area (Å²) in [4.78, 5) is 0. The van der Waals surface area contributed by atoms with Crippen molar-refractivity contribution < 1.29 is 4.74 Å². The zero-order valence-corrected chi connectivity index (χ0v) is 11.1. The number of nitrogens with zero attached hydrogens (tertiary/aromatic N) is 1. The Hall–Kier alpha value is -0.870. The normalized spacial score (nSPS) is 29.6. The number of aromatic amines is 1. The van der Waals surface area contributed by atoms with Crippen LogP contribution in [-0.4, -0.2) is 29.0 Å². The van der Waals surface area contributed by atoms with Crippen LogP contribution in [-0.2, 0) is 11.3 Å². The van der Waals surface area contributed by atoms with Crippen molar-refractivity contribution in [2.75, 3.05) is 6.61 Å². The lowest BCUT2D eigenvalue weighted by molar-refractivity contribution is -0.130. The molecule has 2 N–H and O–H groups in total. The third-order valence-electron chi connectivity index (χ3n) is 4.79. The second-order valence-corrected chi connectivity index (χ2v) is 5.66. The van der Waals surface area contributed by atoms with Crippen molar-refractivity contribution in [2.24, 2.45) is 5.41 Å². The molecule has 2 unspecified atom stereocenters. The SMILES string of the molecule is CCOC1CC(NCc2cn[nH]c2)C12CCCC2. The number of ether oxygens (including phenoxy) is 1. The van der Waals surface area contributed by atoms with Crippen molar-refractivity contribution in [3.63, 3.8) is 0 Å². The van der Waals surface area contributed by atoms with Crippen LogP contribution in [0.4, 0.5) is 0 Å². The minimum atomic E-state index is 0.430. The van der Waals surface area contributed by atoms with Crippen LogP contribution >= 0.6 is 0 Å². The zero-order valence-electron chi connectivity index (χ0n) is 11.1. The van der Waals surface area contributed by atoms with Gasteiger partial charge in [-0.2, -0.15) is 5.10 Å². The van der Waals surface area contributed by atoms with Gasteiger partial charge in [0.25, 0.3) is 0 Å². The van der Waals surface area contributed by atoms with Gasteiger partial charge in [-0.15, -0.1) is 0 Å². The van der Waals surface area contributed by atoms with Crippen LogP contribution in [0.1, 0.15) is 44.6 Å². The van der Waals surface area contributed by atoms with Gasteiger partial charge < -0.3 is 10.1 Å². The molecule has 1 heterocycles. The van der Waals surface area contributed by atoms with Gasteiger partial charge in [0.2, 0.25) is 0 Å². The van der Waals surface area contributed by atoms with Crippen LogP contribution in [0.15, 0.2) is 12.4 Å². The molecule has 18 heavy (non-hydrogen) atoms. The number of aromatic nitrogens is 2. The largest absolute Gasteiger partial charge is 0.378 e. The van der Waals surface area contributed by atoms with E-state index >= 15 is 0 Å². The van der Waals surface area contributed by atoms with Crippen LogP contribution in [0.25, 0.3) is 0 Å². The second-order valence-electron chi connectivity index (χ2n) is 5.66. The molecule has 4 nitrogen and oxygen atoms in total. The van der Waals surface area contributed by atoms with Crippen molar-refractivity contribution in [1.82, 2.24) is 15.5 Å². The molecule has 3 rings (SSSR count). The molecule has 0 bridgehead atoms. The quantitative estimate of drug-likeness (QED) is 0.841. The molecule has 4 heteroatoms. The summed E-state index contributed by atoms with van der Waals surface area (Å²) in [6.07, 6.45) is 10.9. The molecule has 0 radical (unpaired) electrons. The van der Waals surface area contributed by atoms with E-state index in [1.807, 2.05) is 12.4 Å². The Morgan fingerprint density at radius 3 is 3.00 bits per heavy atom. The van der Waals surface area contributed by atoms with Crippen molar-refractivity contribution in [2.45, 2.75) is 57.7 Å². The minimum Gasteiger partial charge on any atom is -0.378 e. The summed E-state index contributed by atoms with van der Waals surface area (Å²) in [5.41, 5.74) is 1.67. The Morgan fingerprint density at radius 2 is 2.33 bits per heavy atom. The number of hydrogen-bond donors (Lipinski definition) is 2. The Morgan fingerprint density at radius 1 is 1.50 bits per heavy atom. The van der Waals surface area contributed by atoms with E-state index in [1.165, 1.54) is 37.7 Å². The van der Waals surface area contributed by atoms with Gasteiger partial charge in [-0.25, -0.2) is 0 Å². The van der Waals surface area contributed by atoms with Crippen LogP contribution < -0.4 is 5.32 Å². The molecule has 1 aromatic rings. The predicted octanol–water partition coefficient (Wildman–Crippen LogP) is 2.24. The average Bonchev–Trinajstić information content (AvgIpc) is 3.03. The molecule has 2 aliphatic carbocycles. The number of hydrogen-bond acceptors (Lipinski definition) is 3. The van der Waals surface area contributed by atoms with Crippen LogP contribution in [0.3, 0.4) is 0 Å². The number of nitrogens with one attached hydrogen (secondary N) is 2. The molecular formula is C14H23N3O. The maximum absolute atomic E-state index is 5.92. The molecule has 0 saturated heterocycles. The fraction of sp³-hybridized carbons (Fsp3) is 0.786. The van der Waals surface area contributed by atoms with E-state index in [-0.39, 0.29) is 0 Å². The highest BCUT2D eigenvalue weighted by atomic mass is 16.5. The van der Waals surface area contributed by atoms with Crippen molar-refractivity contribution in [1.29, 1.82) is 0 Å². The predicted molar refractivity (Wildman–Crippen MR) is 70.1 cm³/mol. The van der Waals surface area contributed by atoms with Gasteiger partial charge in [-0.1, -0.05) is 12.8 Å².